The molecule has 3 heteroatoms. The zero-order valence-corrected chi connectivity index (χ0v) is 10.5. The lowest BCUT2D eigenvalue weighted by atomic mass is 10.0. The van der Waals surface area contributed by atoms with E-state index in [1.807, 2.05) is 18.3 Å². The van der Waals surface area contributed by atoms with Crippen molar-refractivity contribution in [3.63, 3.8) is 0 Å². The first-order valence-corrected chi connectivity index (χ1v) is 6.53. The van der Waals surface area contributed by atoms with Crippen LogP contribution in [0.15, 0.2) is 24.4 Å². The molecule has 0 radical (unpaired) electrons. The Labute approximate surface area is 103 Å². The van der Waals surface area contributed by atoms with Crippen LogP contribution in [0.4, 0.5) is 0 Å². The molecular weight excluding hydrogens is 212 g/mol. The predicted molar refractivity (Wildman–Crippen MR) is 68.7 cm³/mol. The van der Waals surface area contributed by atoms with E-state index in [-0.39, 0.29) is 6.61 Å². The molecule has 17 heavy (non-hydrogen) atoms. The second kappa shape index (κ2) is 6.12. The topological polar surface area (TPSA) is 45.1 Å². The van der Waals surface area contributed by atoms with E-state index in [0.717, 1.165) is 24.6 Å². The lowest BCUT2D eigenvalue weighted by Gasteiger charge is -2.20. The normalized spacial score (nSPS) is 18.9. The molecule has 1 heterocycles. The molecule has 0 saturated heterocycles. The van der Waals surface area contributed by atoms with Crippen LogP contribution in [0.3, 0.4) is 0 Å². The summed E-state index contributed by atoms with van der Waals surface area (Å²) in [6.45, 7) is 3.22. The van der Waals surface area contributed by atoms with Crippen LogP contribution in [0.1, 0.15) is 25.5 Å². The standard InChI is InChI=1S/C14H22N2O/c1-11(10-17)9-16-14(12-5-6-12)8-13-4-2-3-7-15-13/h2-4,7,11-12,14,16-17H,5-6,8-10H2,1H3. The number of hydrogen-bond acceptors (Lipinski definition) is 3. The van der Waals surface area contributed by atoms with Crippen LogP contribution >= 0.6 is 0 Å². The minimum Gasteiger partial charge on any atom is -0.396 e. The molecule has 1 aromatic rings. The Bertz CT molecular complexity index is 324. The third kappa shape index (κ3) is 4.10. The van der Waals surface area contributed by atoms with Crippen molar-refractivity contribution in [2.75, 3.05) is 13.2 Å². The Hall–Kier alpha value is -0.930. The lowest BCUT2D eigenvalue weighted by Crippen LogP contribution is -2.37. The van der Waals surface area contributed by atoms with E-state index in [1.54, 1.807) is 0 Å². The molecule has 3 nitrogen and oxygen atoms in total. The molecule has 2 N–H and O–H groups in total. The monoisotopic (exact) mass is 234 g/mol. The molecule has 2 rings (SSSR count). The van der Waals surface area contributed by atoms with E-state index < -0.39 is 0 Å². The smallest absolute Gasteiger partial charge is 0.0468 e. The highest BCUT2D eigenvalue weighted by molar-refractivity contribution is 5.07. The zero-order valence-electron chi connectivity index (χ0n) is 10.5. The molecule has 0 spiro atoms. The molecule has 94 valence electrons. The Balaban J connectivity index is 1.85. The molecule has 0 aromatic carbocycles. The first-order chi connectivity index (χ1) is 8.29. The molecule has 1 aliphatic rings. The second-order valence-electron chi connectivity index (χ2n) is 5.17. The van der Waals surface area contributed by atoms with Gasteiger partial charge in [0.1, 0.15) is 0 Å². The van der Waals surface area contributed by atoms with Crippen LogP contribution in [-0.4, -0.2) is 29.3 Å². The number of nitrogens with zero attached hydrogens (tertiary/aromatic N) is 1. The van der Waals surface area contributed by atoms with Crippen LogP contribution in [0.25, 0.3) is 0 Å². The summed E-state index contributed by atoms with van der Waals surface area (Å²) in [4.78, 5) is 4.39. The van der Waals surface area contributed by atoms with Crippen molar-refractivity contribution in [2.45, 2.75) is 32.2 Å². The molecule has 2 unspecified atom stereocenters. The van der Waals surface area contributed by atoms with Crippen molar-refractivity contribution >= 4 is 0 Å². The van der Waals surface area contributed by atoms with Crippen LogP contribution in [0.2, 0.25) is 0 Å². The van der Waals surface area contributed by atoms with Gasteiger partial charge in [0, 0.05) is 37.5 Å². The summed E-state index contributed by atoms with van der Waals surface area (Å²) >= 11 is 0. The summed E-state index contributed by atoms with van der Waals surface area (Å²) in [6.07, 6.45) is 5.52. The van der Waals surface area contributed by atoms with Crippen LogP contribution in [0.5, 0.6) is 0 Å². The van der Waals surface area contributed by atoms with Gasteiger partial charge in [0.2, 0.25) is 0 Å². The molecule has 0 amide bonds. The van der Waals surface area contributed by atoms with Crippen molar-refractivity contribution in [1.82, 2.24) is 10.3 Å². The maximum Gasteiger partial charge on any atom is 0.0468 e. The Morgan fingerprint density at radius 2 is 2.29 bits per heavy atom. The maximum atomic E-state index is 9.04. The quantitative estimate of drug-likeness (QED) is 0.753. The highest BCUT2D eigenvalue weighted by Gasteiger charge is 2.31. The van der Waals surface area contributed by atoms with Crippen LogP contribution in [0, 0.1) is 11.8 Å². The van der Waals surface area contributed by atoms with E-state index >= 15 is 0 Å². The van der Waals surface area contributed by atoms with Gasteiger partial charge < -0.3 is 10.4 Å². The maximum absolute atomic E-state index is 9.04. The zero-order chi connectivity index (χ0) is 12.1. The first kappa shape index (κ1) is 12.5. The van der Waals surface area contributed by atoms with E-state index in [4.69, 9.17) is 5.11 Å². The fourth-order valence-corrected chi connectivity index (χ4v) is 2.07. The minimum atomic E-state index is 0.258. The van der Waals surface area contributed by atoms with Gasteiger partial charge >= 0.3 is 0 Å². The number of pyridine rings is 1. The highest BCUT2D eigenvalue weighted by Crippen LogP contribution is 2.33. The molecule has 0 aliphatic heterocycles. The van der Waals surface area contributed by atoms with E-state index in [9.17, 15) is 0 Å². The second-order valence-corrected chi connectivity index (χ2v) is 5.17. The minimum absolute atomic E-state index is 0.258. The molecular formula is C14H22N2O. The fraction of sp³-hybridized carbons (Fsp3) is 0.643. The lowest BCUT2D eigenvalue weighted by molar-refractivity contribution is 0.228. The molecule has 1 saturated carbocycles. The number of nitrogens with one attached hydrogen (secondary N) is 1. The fourth-order valence-electron chi connectivity index (χ4n) is 2.07. The Morgan fingerprint density at radius 1 is 1.47 bits per heavy atom. The van der Waals surface area contributed by atoms with Gasteiger partial charge in [-0.05, 0) is 36.8 Å². The Kier molecular flexibility index (Phi) is 4.51. The van der Waals surface area contributed by atoms with Gasteiger partial charge in [-0.15, -0.1) is 0 Å². The number of aromatic nitrogens is 1. The van der Waals surface area contributed by atoms with E-state index in [1.165, 1.54) is 12.8 Å². The van der Waals surface area contributed by atoms with Gasteiger partial charge in [-0.2, -0.15) is 0 Å². The van der Waals surface area contributed by atoms with Crippen molar-refractivity contribution in [3.05, 3.63) is 30.1 Å². The van der Waals surface area contributed by atoms with Gasteiger partial charge in [-0.1, -0.05) is 13.0 Å². The average Bonchev–Trinajstić information content (AvgIpc) is 3.19. The average molecular weight is 234 g/mol. The molecule has 1 aliphatic carbocycles. The Morgan fingerprint density at radius 3 is 2.88 bits per heavy atom. The summed E-state index contributed by atoms with van der Waals surface area (Å²) in [5.74, 6) is 1.14. The number of rotatable bonds is 7. The summed E-state index contributed by atoms with van der Waals surface area (Å²) in [6, 6.07) is 6.62. The third-order valence-electron chi connectivity index (χ3n) is 3.39. The molecule has 1 aromatic heterocycles. The van der Waals surface area contributed by atoms with Gasteiger partial charge in [0.05, 0.1) is 0 Å². The largest absolute Gasteiger partial charge is 0.396 e. The van der Waals surface area contributed by atoms with Crippen molar-refractivity contribution in [3.8, 4) is 0 Å². The summed E-state index contributed by atoms with van der Waals surface area (Å²) in [7, 11) is 0. The number of aliphatic hydroxyl groups is 1. The summed E-state index contributed by atoms with van der Waals surface area (Å²) in [5.41, 5.74) is 1.16. The predicted octanol–water partition coefficient (Wildman–Crippen LogP) is 1.62. The van der Waals surface area contributed by atoms with E-state index in [0.29, 0.717) is 12.0 Å². The molecule has 2 atom stereocenters. The van der Waals surface area contributed by atoms with Gasteiger partial charge in [0.25, 0.3) is 0 Å². The number of aliphatic hydroxyl groups excluding tert-OH is 1. The van der Waals surface area contributed by atoms with Gasteiger partial charge in [0.15, 0.2) is 0 Å². The molecule has 0 bridgehead atoms. The van der Waals surface area contributed by atoms with E-state index in [2.05, 4.69) is 23.3 Å². The number of hydrogen-bond donors (Lipinski definition) is 2. The SMILES string of the molecule is CC(CO)CNC(Cc1ccccn1)C1CC1. The van der Waals surface area contributed by atoms with Crippen LogP contribution in [-0.2, 0) is 6.42 Å². The van der Waals surface area contributed by atoms with Crippen molar-refractivity contribution < 1.29 is 5.11 Å². The van der Waals surface area contributed by atoms with Crippen molar-refractivity contribution in [1.29, 1.82) is 0 Å². The van der Waals surface area contributed by atoms with Gasteiger partial charge in [-0.25, -0.2) is 0 Å². The summed E-state index contributed by atoms with van der Waals surface area (Å²) in [5, 5.41) is 12.6. The summed E-state index contributed by atoms with van der Waals surface area (Å²) < 4.78 is 0. The van der Waals surface area contributed by atoms with Crippen molar-refractivity contribution in [2.24, 2.45) is 11.8 Å². The highest BCUT2D eigenvalue weighted by atomic mass is 16.3. The third-order valence-corrected chi connectivity index (χ3v) is 3.39. The first-order valence-electron chi connectivity index (χ1n) is 6.53. The van der Waals surface area contributed by atoms with Gasteiger partial charge in [-0.3, -0.25) is 4.98 Å². The molecule has 1 fully saturated rings. The van der Waals surface area contributed by atoms with Crippen LogP contribution < -0.4 is 5.32 Å².